The molecule has 7 nitrogen and oxygen atoms in total. The van der Waals surface area contributed by atoms with E-state index in [1.165, 1.54) is 10.7 Å². The van der Waals surface area contributed by atoms with Crippen LogP contribution in [0.25, 0.3) is 5.69 Å². The maximum absolute atomic E-state index is 14.2. The summed E-state index contributed by atoms with van der Waals surface area (Å²) in [4.78, 5) is 26.4. The van der Waals surface area contributed by atoms with E-state index in [0.717, 1.165) is 12.1 Å². The SMILES string of the molecule is Cc1nn(-c2ccc(F)cc2F)c(C)c1C(=O)Nc1ccc(N2CCNC(=O)C2)c(Cl)c1. The summed E-state index contributed by atoms with van der Waals surface area (Å²) in [6.45, 7) is 4.65. The number of hydrogen-bond donors (Lipinski definition) is 2. The fraction of sp³-hybridized carbons (Fsp3) is 0.227. The molecule has 10 heteroatoms. The van der Waals surface area contributed by atoms with Crippen LogP contribution in [0, 0.1) is 25.5 Å². The van der Waals surface area contributed by atoms with Crippen molar-refractivity contribution in [3.05, 3.63) is 70.0 Å². The zero-order valence-corrected chi connectivity index (χ0v) is 18.1. The third-order valence-electron chi connectivity index (χ3n) is 5.24. The predicted molar refractivity (Wildman–Crippen MR) is 118 cm³/mol. The van der Waals surface area contributed by atoms with E-state index in [-0.39, 0.29) is 23.7 Å². The lowest BCUT2D eigenvalue weighted by molar-refractivity contribution is -0.120. The van der Waals surface area contributed by atoms with Gasteiger partial charge in [-0.2, -0.15) is 5.10 Å². The van der Waals surface area contributed by atoms with Crippen LogP contribution in [0.15, 0.2) is 36.4 Å². The quantitative estimate of drug-likeness (QED) is 0.624. The lowest BCUT2D eigenvalue weighted by atomic mass is 10.1. The number of aromatic nitrogens is 2. The van der Waals surface area contributed by atoms with Crippen molar-refractivity contribution in [2.45, 2.75) is 13.8 Å². The van der Waals surface area contributed by atoms with E-state index in [4.69, 9.17) is 11.6 Å². The normalized spacial score (nSPS) is 13.8. The van der Waals surface area contributed by atoms with Crippen molar-refractivity contribution in [2.24, 2.45) is 0 Å². The van der Waals surface area contributed by atoms with Crippen molar-refractivity contribution >= 4 is 34.8 Å². The molecule has 1 saturated heterocycles. The molecular formula is C22H20ClF2N5O2. The highest BCUT2D eigenvalue weighted by Gasteiger charge is 2.22. The largest absolute Gasteiger partial charge is 0.359 e. The van der Waals surface area contributed by atoms with E-state index in [2.05, 4.69) is 15.7 Å². The number of nitrogens with zero attached hydrogens (tertiary/aromatic N) is 3. The number of carbonyl (C=O) groups excluding carboxylic acids is 2. The summed E-state index contributed by atoms with van der Waals surface area (Å²) in [6, 6.07) is 8.21. The zero-order chi connectivity index (χ0) is 23.0. The van der Waals surface area contributed by atoms with Gasteiger partial charge >= 0.3 is 0 Å². The Morgan fingerprint density at radius 2 is 1.91 bits per heavy atom. The van der Waals surface area contributed by atoms with Crippen LogP contribution in [-0.2, 0) is 4.79 Å². The minimum absolute atomic E-state index is 0.0454. The van der Waals surface area contributed by atoms with Gasteiger partial charge in [-0.05, 0) is 44.2 Å². The van der Waals surface area contributed by atoms with Crippen molar-refractivity contribution in [1.82, 2.24) is 15.1 Å². The number of anilines is 2. The van der Waals surface area contributed by atoms with Crippen LogP contribution in [0.4, 0.5) is 20.2 Å². The molecule has 0 radical (unpaired) electrons. The highest BCUT2D eigenvalue weighted by Crippen LogP contribution is 2.30. The molecule has 32 heavy (non-hydrogen) atoms. The van der Waals surface area contributed by atoms with Crippen molar-refractivity contribution in [1.29, 1.82) is 0 Å². The number of piperazine rings is 1. The molecule has 3 aromatic rings. The molecule has 0 saturated carbocycles. The van der Waals surface area contributed by atoms with Crippen LogP contribution in [0.1, 0.15) is 21.7 Å². The first-order chi connectivity index (χ1) is 15.2. The summed E-state index contributed by atoms with van der Waals surface area (Å²) in [5.74, 6) is -1.99. The molecule has 0 unspecified atom stereocenters. The fourth-order valence-electron chi connectivity index (χ4n) is 3.74. The van der Waals surface area contributed by atoms with Crippen molar-refractivity contribution in [3.63, 3.8) is 0 Å². The van der Waals surface area contributed by atoms with Gasteiger partial charge in [0.1, 0.15) is 11.5 Å². The minimum Gasteiger partial charge on any atom is -0.359 e. The van der Waals surface area contributed by atoms with Gasteiger partial charge in [0.15, 0.2) is 5.82 Å². The van der Waals surface area contributed by atoms with Gasteiger partial charge in [0, 0.05) is 24.8 Å². The molecule has 1 aromatic heterocycles. The van der Waals surface area contributed by atoms with E-state index < -0.39 is 17.5 Å². The Kier molecular flexibility index (Phi) is 5.84. The summed E-state index contributed by atoms with van der Waals surface area (Å²) in [5, 5.41) is 10.2. The van der Waals surface area contributed by atoms with Crippen LogP contribution >= 0.6 is 11.6 Å². The number of carbonyl (C=O) groups is 2. The van der Waals surface area contributed by atoms with Gasteiger partial charge in [-0.25, -0.2) is 13.5 Å². The Balaban J connectivity index is 1.57. The molecule has 1 aliphatic rings. The lowest BCUT2D eigenvalue weighted by Crippen LogP contribution is -2.47. The van der Waals surface area contributed by atoms with E-state index in [9.17, 15) is 18.4 Å². The maximum Gasteiger partial charge on any atom is 0.259 e. The second kappa shape index (κ2) is 8.58. The van der Waals surface area contributed by atoms with Gasteiger partial charge in [0.05, 0.1) is 34.2 Å². The zero-order valence-electron chi connectivity index (χ0n) is 17.4. The topological polar surface area (TPSA) is 79.3 Å². The number of rotatable bonds is 4. The van der Waals surface area contributed by atoms with Gasteiger partial charge in [-0.1, -0.05) is 11.6 Å². The molecule has 1 fully saturated rings. The molecule has 4 rings (SSSR count). The number of benzene rings is 2. The molecule has 0 aliphatic carbocycles. The lowest BCUT2D eigenvalue weighted by Gasteiger charge is -2.29. The first-order valence-corrected chi connectivity index (χ1v) is 10.3. The first kappa shape index (κ1) is 21.8. The van der Waals surface area contributed by atoms with Crippen LogP contribution in [0.3, 0.4) is 0 Å². The van der Waals surface area contributed by atoms with E-state index >= 15 is 0 Å². The van der Waals surface area contributed by atoms with Gasteiger partial charge in [0.2, 0.25) is 5.91 Å². The summed E-state index contributed by atoms with van der Waals surface area (Å²) in [7, 11) is 0. The second-order valence-corrected chi connectivity index (χ2v) is 7.85. The van der Waals surface area contributed by atoms with Gasteiger partial charge < -0.3 is 15.5 Å². The third-order valence-corrected chi connectivity index (χ3v) is 5.54. The van der Waals surface area contributed by atoms with E-state index in [0.29, 0.717) is 40.9 Å². The highest BCUT2D eigenvalue weighted by molar-refractivity contribution is 6.33. The average Bonchev–Trinajstić information content (AvgIpc) is 3.02. The Hall–Kier alpha value is -3.46. The van der Waals surface area contributed by atoms with Crippen LogP contribution < -0.4 is 15.5 Å². The molecule has 1 aliphatic heterocycles. The van der Waals surface area contributed by atoms with E-state index in [1.54, 1.807) is 32.0 Å². The number of hydrogen-bond acceptors (Lipinski definition) is 4. The van der Waals surface area contributed by atoms with Gasteiger partial charge in [-0.15, -0.1) is 0 Å². The molecule has 0 atom stereocenters. The van der Waals surface area contributed by atoms with Crippen molar-refractivity contribution in [3.8, 4) is 5.69 Å². The maximum atomic E-state index is 14.2. The highest BCUT2D eigenvalue weighted by atomic mass is 35.5. The monoisotopic (exact) mass is 459 g/mol. The van der Waals surface area contributed by atoms with Crippen molar-refractivity contribution in [2.75, 3.05) is 29.9 Å². The van der Waals surface area contributed by atoms with Crippen LogP contribution in [-0.4, -0.2) is 41.2 Å². The first-order valence-electron chi connectivity index (χ1n) is 9.89. The summed E-state index contributed by atoms with van der Waals surface area (Å²) in [6.07, 6.45) is 0. The van der Waals surface area contributed by atoms with E-state index in [1.807, 2.05) is 4.90 Å². The third kappa shape index (κ3) is 4.16. The van der Waals surface area contributed by atoms with Crippen LogP contribution in [0.2, 0.25) is 5.02 Å². The molecule has 2 aromatic carbocycles. The summed E-state index contributed by atoms with van der Waals surface area (Å²) < 4.78 is 28.7. The molecule has 0 spiro atoms. The molecule has 2 amide bonds. The van der Waals surface area contributed by atoms with Gasteiger partial charge in [0.25, 0.3) is 5.91 Å². The number of amides is 2. The fourth-order valence-corrected chi connectivity index (χ4v) is 4.04. The standard InChI is InChI=1S/C22H20ClF2N5O2/c1-12-21(13(2)30(28-12)19-5-3-14(24)9-17(19)25)22(32)27-15-4-6-18(16(23)10-15)29-8-7-26-20(31)11-29/h3-6,9-10H,7-8,11H2,1-2H3,(H,26,31)(H,27,32). The molecule has 2 N–H and O–H groups in total. The number of aryl methyl sites for hydroxylation is 1. The molecule has 166 valence electrons. The molecule has 0 bridgehead atoms. The Labute approximate surface area is 188 Å². The Bertz CT molecular complexity index is 1230. The number of nitrogens with one attached hydrogen (secondary N) is 2. The molecular weight excluding hydrogens is 440 g/mol. The number of halogens is 3. The van der Waals surface area contributed by atoms with Crippen LogP contribution in [0.5, 0.6) is 0 Å². The van der Waals surface area contributed by atoms with Gasteiger partial charge in [-0.3, -0.25) is 9.59 Å². The Morgan fingerprint density at radius 3 is 2.59 bits per heavy atom. The summed E-state index contributed by atoms with van der Waals surface area (Å²) >= 11 is 6.40. The minimum atomic E-state index is -0.781. The Morgan fingerprint density at radius 1 is 1.16 bits per heavy atom. The van der Waals surface area contributed by atoms with Crippen molar-refractivity contribution < 1.29 is 18.4 Å². The smallest absolute Gasteiger partial charge is 0.259 e. The molecule has 2 heterocycles. The average molecular weight is 460 g/mol. The predicted octanol–water partition coefficient (Wildman–Crippen LogP) is 3.61. The summed E-state index contributed by atoms with van der Waals surface area (Å²) in [5.41, 5.74) is 2.29. The second-order valence-electron chi connectivity index (χ2n) is 7.45.